The third kappa shape index (κ3) is 5.73. The van der Waals surface area contributed by atoms with Crippen molar-refractivity contribution in [3.05, 3.63) is 47.5 Å². The van der Waals surface area contributed by atoms with E-state index >= 15 is 0 Å². The zero-order valence-corrected chi connectivity index (χ0v) is 17.8. The molecule has 29 heavy (non-hydrogen) atoms. The summed E-state index contributed by atoms with van der Waals surface area (Å²) in [6, 6.07) is 4.25. The van der Waals surface area contributed by atoms with Crippen LogP contribution in [0, 0.1) is 5.82 Å². The number of benzene rings is 1. The molecule has 3 rings (SSSR count). The van der Waals surface area contributed by atoms with Crippen LogP contribution in [0.2, 0.25) is 5.02 Å². The summed E-state index contributed by atoms with van der Waals surface area (Å²) in [7, 11) is 0. The highest BCUT2D eigenvalue weighted by Gasteiger charge is 2.22. The third-order valence-electron chi connectivity index (χ3n) is 4.67. The van der Waals surface area contributed by atoms with Crippen LogP contribution in [0.3, 0.4) is 0 Å². The zero-order chi connectivity index (χ0) is 20.8. The van der Waals surface area contributed by atoms with Crippen molar-refractivity contribution in [3.8, 4) is 5.75 Å². The topological polar surface area (TPSA) is 69.0 Å². The molecule has 0 bridgehead atoms. The van der Waals surface area contributed by atoms with Crippen LogP contribution in [0.5, 0.6) is 5.75 Å². The second-order valence-corrected chi connectivity index (χ2v) is 8.26. The Labute approximate surface area is 178 Å². The van der Waals surface area contributed by atoms with Crippen molar-refractivity contribution in [3.63, 3.8) is 0 Å². The molecular weight excluding hydrogens is 415 g/mol. The molecule has 1 heterocycles. The summed E-state index contributed by atoms with van der Waals surface area (Å²) in [6.07, 6.45) is 5.69. The number of ether oxygens (including phenoxy) is 1. The molecule has 1 unspecified atom stereocenters. The van der Waals surface area contributed by atoms with Gasteiger partial charge in [0.15, 0.2) is 17.1 Å². The Morgan fingerprint density at radius 2 is 2.24 bits per heavy atom. The molecule has 156 valence electrons. The normalized spacial score (nSPS) is 15.3. The lowest BCUT2D eigenvalue weighted by molar-refractivity contribution is -0.119. The lowest BCUT2D eigenvalue weighted by Gasteiger charge is -2.16. The molecule has 9 heteroatoms. The quantitative estimate of drug-likeness (QED) is 0.459. The fraction of sp³-hybridized carbons (Fsp3) is 0.450. The second-order valence-electron chi connectivity index (χ2n) is 6.91. The predicted molar refractivity (Wildman–Crippen MR) is 112 cm³/mol. The minimum absolute atomic E-state index is 0.000930. The van der Waals surface area contributed by atoms with E-state index < -0.39 is 11.9 Å². The highest BCUT2D eigenvalue weighted by Crippen LogP contribution is 2.30. The second kappa shape index (κ2) is 10.1. The molecule has 1 aromatic heterocycles. The monoisotopic (exact) mass is 438 g/mol. The number of rotatable bonds is 9. The molecule has 1 saturated carbocycles. The van der Waals surface area contributed by atoms with Crippen molar-refractivity contribution in [2.45, 2.75) is 56.5 Å². The van der Waals surface area contributed by atoms with Crippen molar-refractivity contribution in [2.24, 2.45) is 0 Å². The van der Waals surface area contributed by atoms with Gasteiger partial charge in [-0.3, -0.25) is 9.36 Å². The van der Waals surface area contributed by atoms with Gasteiger partial charge in [0.25, 0.3) is 0 Å². The Balaban J connectivity index is 1.66. The van der Waals surface area contributed by atoms with Crippen LogP contribution in [-0.4, -0.2) is 32.5 Å². The van der Waals surface area contributed by atoms with Crippen LogP contribution in [-0.2, 0) is 11.3 Å². The molecule has 2 aromatic rings. The van der Waals surface area contributed by atoms with Gasteiger partial charge in [-0.05, 0) is 38.0 Å². The highest BCUT2D eigenvalue weighted by molar-refractivity contribution is 7.99. The van der Waals surface area contributed by atoms with Crippen LogP contribution >= 0.6 is 23.4 Å². The molecule has 0 spiro atoms. The van der Waals surface area contributed by atoms with E-state index in [-0.39, 0.29) is 16.7 Å². The van der Waals surface area contributed by atoms with Crippen LogP contribution in [0.1, 0.15) is 44.5 Å². The molecule has 6 nitrogen and oxygen atoms in total. The van der Waals surface area contributed by atoms with Crippen molar-refractivity contribution < 1.29 is 13.9 Å². The molecule has 1 aliphatic carbocycles. The maximum absolute atomic E-state index is 13.2. The van der Waals surface area contributed by atoms with Gasteiger partial charge in [-0.25, -0.2) is 4.39 Å². The van der Waals surface area contributed by atoms with Crippen LogP contribution in [0.15, 0.2) is 36.0 Å². The SMILES string of the molecule is C=CCn1c(SCC(=O)NC2CCCC2)nnc1C(C)Oc1ccc(F)cc1Cl. The van der Waals surface area contributed by atoms with E-state index in [1.54, 1.807) is 6.08 Å². The first-order chi connectivity index (χ1) is 14.0. The number of hydrogen-bond donors (Lipinski definition) is 1. The molecule has 1 aliphatic rings. The Morgan fingerprint density at radius 1 is 1.48 bits per heavy atom. The minimum Gasteiger partial charge on any atom is -0.481 e. The first-order valence-electron chi connectivity index (χ1n) is 9.55. The lowest BCUT2D eigenvalue weighted by Crippen LogP contribution is -2.33. The number of thioether (sulfide) groups is 1. The van der Waals surface area contributed by atoms with Gasteiger partial charge in [0, 0.05) is 12.6 Å². The lowest BCUT2D eigenvalue weighted by atomic mass is 10.2. The zero-order valence-electron chi connectivity index (χ0n) is 16.2. The fourth-order valence-corrected chi connectivity index (χ4v) is 4.27. The van der Waals surface area contributed by atoms with E-state index in [1.807, 2.05) is 11.5 Å². The number of carbonyl (C=O) groups is 1. The van der Waals surface area contributed by atoms with E-state index in [2.05, 4.69) is 22.1 Å². The number of carbonyl (C=O) groups excluding carboxylic acids is 1. The van der Waals surface area contributed by atoms with E-state index in [0.717, 1.165) is 12.8 Å². The van der Waals surface area contributed by atoms with E-state index in [1.165, 1.54) is 42.8 Å². The van der Waals surface area contributed by atoms with Gasteiger partial charge in [0.2, 0.25) is 5.91 Å². The number of amides is 1. The molecule has 1 atom stereocenters. The summed E-state index contributed by atoms with van der Waals surface area (Å²) in [4.78, 5) is 12.2. The number of aromatic nitrogens is 3. The van der Waals surface area contributed by atoms with E-state index in [4.69, 9.17) is 16.3 Å². The molecule has 1 N–H and O–H groups in total. The smallest absolute Gasteiger partial charge is 0.230 e. The van der Waals surface area contributed by atoms with Crippen molar-refractivity contribution in [1.82, 2.24) is 20.1 Å². The highest BCUT2D eigenvalue weighted by atomic mass is 35.5. The first-order valence-corrected chi connectivity index (χ1v) is 10.9. The van der Waals surface area contributed by atoms with Crippen LogP contribution in [0.25, 0.3) is 0 Å². The Kier molecular flexibility index (Phi) is 7.55. The largest absolute Gasteiger partial charge is 0.481 e. The summed E-state index contributed by atoms with van der Waals surface area (Å²) < 4.78 is 20.9. The molecule has 0 aliphatic heterocycles. The maximum Gasteiger partial charge on any atom is 0.230 e. The number of halogens is 2. The van der Waals surface area contributed by atoms with Gasteiger partial charge in [-0.1, -0.05) is 42.3 Å². The van der Waals surface area contributed by atoms with Crippen molar-refractivity contribution >= 4 is 29.3 Å². The van der Waals surface area contributed by atoms with Crippen LogP contribution < -0.4 is 10.1 Å². The first kappa shape index (κ1) is 21.6. The Hall–Kier alpha value is -2.06. The maximum atomic E-state index is 13.2. The number of nitrogens with zero attached hydrogens (tertiary/aromatic N) is 3. The standard InChI is InChI=1S/C20H24ClFN4O2S/c1-3-10-26-19(13(2)28-17-9-8-14(22)11-16(17)21)24-25-20(26)29-12-18(27)23-15-6-4-5-7-15/h3,8-9,11,13,15H,1,4-7,10,12H2,2H3,(H,23,27). The van der Waals surface area contributed by atoms with Gasteiger partial charge in [-0.15, -0.1) is 16.8 Å². The number of nitrogens with one attached hydrogen (secondary N) is 1. The average molecular weight is 439 g/mol. The van der Waals surface area contributed by atoms with Gasteiger partial charge < -0.3 is 10.1 Å². The van der Waals surface area contributed by atoms with Gasteiger partial charge in [0.1, 0.15) is 11.6 Å². The van der Waals surface area contributed by atoms with E-state index in [0.29, 0.717) is 29.3 Å². The third-order valence-corrected chi connectivity index (χ3v) is 5.93. The van der Waals surface area contributed by atoms with Gasteiger partial charge in [0.05, 0.1) is 10.8 Å². The summed E-state index contributed by atoms with van der Waals surface area (Å²) in [6.45, 7) is 6.06. The van der Waals surface area contributed by atoms with Gasteiger partial charge >= 0.3 is 0 Å². The summed E-state index contributed by atoms with van der Waals surface area (Å²) in [5.74, 6) is 0.770. The summed E-state index contributed by atoms with van der Waals surface area (Å²) in [5.41, 5.74) is 0. The van der Waals surface area contributed by atoms with E-state index in [9.17, 15) is 9.18 Å². The van der Waals surface area contributed by atoms with Crippen LogP contribution in [0.4, 0.5) is 4.39 Å². The molecule has 0 radical (unpaired) electrons. The fourth-order valence-electron chi connectivity index (χ4n) is 3.29. The molecule has 1 amide bonds. The minimum atomic E-state index is -0.480. The number of hydrogen-bond acceptors (Lipinski definition) is 5. The Bertz CT molecular complexity index is 870. The number of allylic oxidation sites excluding steroid dienone is 1. The summed E-state index contributed by atoms with van der Waals surface area (Å²) in [5, 5.41) is 12.3. The summed E-state index contributed by atoms with van der Waals surface area (Å²) >= 11 is 7.38. The van der Waals surface area contributed by atoms with Crippen molar-refractivity contribution in [1.29, 1.82) is 0 Å². The van der Waals surface area contributed by atoms with Crippen molar-refractivity contribution in [2.75, 3.05) is 5.75 Å². The molecule has 1 aromatic carbocycles. The Morgan fingerprint density at radius 3 is 2.93 bits per heavy atom. The average Bonchev–Trinajstić information content (AvgIpc) is 3.32. The predicted octanol–water partition coefficient (Wildman–Crippen LogP) is 4.55. The molecular formula is C20H24ClFN4O2S. The van der Waals surface area contributed by atoms with Gasteiger partial charge in [-0.2, -0.15) is 0 Å². The molecule has 1 fully saturated rings. The molecule has 0 saturated heterocycles.